The van der Waals surface area contributed by atoms with E-state index in [9.17, 15) is 9.59 Å². The molecule has 5 nitrogen and oxygen atoms in total. The smallest absolute Gasteiger partial charge is 0.326 e. The van der Waals surface area contributed by atoms with Crippen molar-refractivity contribution in [2.75, 3.05) is 20.1 Å². The minimum atomic E-state index is -0.925. The molecule has 2 atom stereocenters. The predicted molar refractivity (Wildman–Crippen MR) is 64.7 cm³/mol. The molecule has 1 fully saturated rings. The molecular formula is C12H22N2O3. The van der Waals surface area contributed by atoms with Crippen LogP contribution in [0.25, 0.3) is 0 Å². The fourth-order valence-corrected chi connectivity index (χ4v) is 2.25. The number of carboxylic acid groups (broad SMARTS) is 1. The van der Waals surface area contributed by atoms with Gasteiger partial charge in [-0.3, -0.25) is 4.79 Å². The number of likely N-dealkylation sites (N-methyl/N-ethyl adjacent to an activating group) is 1. The summed E-state index contributed by atoms with van der Waals surface area (Å²) in [5.74, 6) is -0.422. The Morgan fingerprint density at radius 1 is 1.53 bits per heavy atom. The van der Waals surface area contributed by atoms with Gasteiger partial charge in [-0.05, 0) is 38.3 Å². The molecule has 1 rings (SSSR count). The molecule has 0 aliphatic carbocycles. The minimum absolute atomic E-state index is 0.0637. The van der Waals surface area contributed by atoms with Gasteiger partial charge in [-0.25, -0.2) is 4.79 Å². The Morgan fingerprint density at radius 3 is 2.71 bits per heavy atom. The average molecular weight is 242 g/mol. The lowest BCUT2D eigenvalue weighted by Gasteiger charge is -2.24. The molecule has 0 aromatic rings. The molecule has 5 heteroatoms. The first-order chi connectivity index (χ1) is 8.06. The fraction of sp³-hybridized carbons (Fsp3) is 0.833. The van der Waals surface area contributed by atoms with Crippen molar-refractivity contribution in [1.82, 2.24) is 10.2 Å². The molecule has 2 N–H and O–H groups in total. The Kier molecular flexibility index (Phi) is 5.41. The van der Waals surface area contributed by atoms with Crippen molar-refractivity contribution in [2.24, 2.45) is 5.92 Å². The van der Waals surface area contributed by atoms with E-state index in [1.807, 2.05) is 0 Å². The van der Waals surface area contributed by atoms with Crippen LogP contribution >= 0.6 is 0 Å². The Bertz CT molecular complexity index is 275. The van der Waals surface area contributed by atoms with E-state index in [1.54, 1.807) is 14.0 Å². The number of rotatable bonds is 6. The van der Waals surface area contributed by atoms with Gasteiger partial charge in [0, 0.05) is 13.5 Å². The van der Waals surface area contributed by atoms with Crippen LogP contribution in [0.3, 0.4) is 0 Å². The second-order valence-corrected chi connectivity index (χ2v) is 4.66. The number of amides is 1. The zero-order valence-corrected chi connectivity index (χ0v) is 10.6. The van der Waals surface area contributed by atoms with Crippen LogP contribution in [0.4, 0.5) is 0 Å². The molecule has 1 aliphatic heterocycles. The van der Waals surface area contributed by atoms with Crippen LogP contribution in [0.2, 0.25) is 0 Å². The monoisotopic (exact) mass is 242 g/mol. The highest BCUT2D eigenvalue weighted by molar-refractivity contribution is 5.83. The van der Waals surface area contributed by atoms with Gasteiger partial charge in [0.25, 0.3) is 0 Å². The number of aliphatic carboxylic acids is 1. The van der Waals surface area contributed by atoms with Crippen molar-refractivity contribution in [3.8, 4) is 0 Å². The molecule has 0 radical (unpaired) electrons. The van der Waals surface area contributed by atoms with E-state index in [1.165, 1.54) is 4.90 Å². The maximum atomic E-state index is 11.8. The fourth-order valence-electron chi connectivity index (χ4n) is 2.25. The lowest BCUT2D eigenvalue weighted by Crippen LogP contribution is -2.42. The zero-order chi connectivity index (χ0) is 12.8. The van der Waals surface area contributed by atoms with Gasteiger partial charge < -0.3 is 15.3 Å². The van der Waals surface area contributed by atoms with Crippen molar-refractivity contribution >= 4 is 11.9 Å². The number of hydrogen-bond acceptors (Lipinski definition) is 3. The SMILES string of the molecule is CCC(C(=O)O)N(C)C(=O)CCC1CCNC1. The number of hydrogen-bond donors (Lipinski definition) is 2. The highest BCUT2D eigenvalue weighted by Gasteiger charge is 2.25. The highest BCUT2D eigenvalue weighted by atomic mass is 16.4. The van der Waals surface area contributed by atoms with Crippen molar-refractivity contribution in [2.45, 2.75) is 38.6 Å². The van der Waals surface area contributed by atoms with Crippen LogP contribution in [-0.4, -0.2) is 48.1 Å². The molecule has 1 amide bonds. The first kappa shape index (κ1) is 14.0. The average Bonchev–Trinajstić information content (AvgIpc) is 2.78. The summed E-state index contributed by atoms with van der Waals surface area (Å²) < 4.78 is 0. The zero-order valence-electron chi connectivity index (χ0n) is 10.6. The molecule has 0 spiro atoms. The largest absolute Gasteiger partial charge is 0.480 e. The molecule has 1 saturated heterocycles. The van der Waals surface area contributed by atoms with E-state index in [0.29, 0.717) is 18.8 Å². The van der Waals surface area contributed by atoms with Crippen molar-refractivity contribution in [3.05, 3.63) is 0 Å². The summed E-state index contributed by atoms with van der Waals surface area (Å²) in [5.41, 5.74) is 0. The van der Waals surface area contributed by atoms with Crippen LogP contribution in [-0.2, 0) is 9.59 Å². The topological polar surface area (TPSA) is 69.6 Å². The van der Waals surface area contributed by atoms with Crippen LogP contribution in [0.5, 0.6) is 0 Å². The van der Waals surface area contributed by atoms with E-state index in [0.717, 1.165) is 25.9 Å². The quantitative estimate of drug-likeness (QED) is 0.719. The molecule has 1 heterocycles. The standard InChI is InChI=1S/C12H22N2O3/c1-3-10(12(16)17)14(2)11(15)5-4-9-6-7-13-8-9/h9-10,13H,3-8H2,1-2H3,(H,16,17). The molecule has 0 bridgehead atoms. The van der Waals surface area contributed by atoms with E-state index < -0.39 is 12.0 Å². The van der Waals surface area contributed by atoms with Crippen LogP contribution in [0.15, 0.2) is 0 Å². The molecule has 17 heavy (non-hydrogen) atoms. The van der Waals surface area contributed by atoms with Crippen LogP contribution < -0.4 is 5.32 Å². The summed E-state index contributed by atoms with van der Waals surface area (Å²) in [6, 6.07) is -0.691. The Labute approximate surface area is 102 Å². The first-order valence-electron chi connectivity index (χ1n) is 6.25. The number of carbonyl (C=O) groups is 2. The number of carbonyl (C=O) groups excluding carboxylic acids is 1. The van der Waals surface area contributed by atoms with Gasteiger partial charge >= 0.3 is 5.97 Å². The van der Waals surface area contributed by atoms with Crippen molar-refractivity contribution < 1.29 is 14.7 Å². The highest BCUT2D eigenvalue weighted by Crippen LogP contribution is 2.15. The molecule has 0 aromatic heterocycles. The van der Waals surface area contributed by atoms with Gasteiger partial charge in [0.1, 0.15) is 6.04 Å². The summed E-state index contributed by atoms with van der Waals surface area (Å²) in [6.45, 7) is 3.79. The Balaban J connectivity index is 2.37. The van der Waals surface area contributed by atoms with Gasteiger partial charge in [0.2, 0.25) is 5.91 Å². The summed E-state index contributed by atoms with van der Waals surface area (Å²) in [5, 5.41) is 12.2. The van der Waals surface area contributed by atoms with Crippen molar-refractivity contribution in [3.63, 3.8) is 0 Å². The maximum Gasteiger partial charge on any atom is 0.326 e. The third-order valence-corrected chi connectivity index (χ3v) is 3.46. The number of carboxylic acids is 1. The second kappa shape index (κ2) is 6.59. The lowest BCUT2D eigenvalue weighted by atomic mass is 10.0. The third kappa shape index (κ3) is 4.00. The number of nitrogens with one attached hydrogen (secondary N) is 1. The second-order valence-electron chi connectivity index (χ2n) is 4.66. The Hall–Kier alpha value is -1.10. The van der Waals surface area contributed by atoms with E-state index in [-0.39, 0.29) is 5.91 Å². The maximum absolute atomic E-state index is 11.8. The van der Waals surface area contributed by atoms with Crippen molar-refractivity contribution in [1.29, 1.82) is 0 Å². The van der Waals surface area contributed by atoms with Gasteiger partial charge in [-0.15, -0.1) is 0 Å². The van der Waals surface area contributed by atoms with Gasteiger partial charge in [-0.2, -0.15) is 0 Å². The molecule has 1 aliphatic rings. The van der Waals surface area contributed by atoms with Gasteiger partial charge in [0.15, 0.2) is 0 Å². The van der Waals surface area contributed by atoms with Gasteiger partial charge in [0.05, 0.1) is 0 Å². The van der Waals surface area contributed by atoms with E-state index in [2.05, 4.69) is 5.32 Å². The third-order valence-electron chi connectivity index (χ3n) is 3.46. The van der Waals surface area contributed by atoms with Gasteiger partial charge in [-0.1, -0.05) is 6.92 Å². The summed E-state index contributed by atoms with van der Waals surface area (Å²) >= 11 is 0. The Morgan fingerprint density at radius 2 is 2.24 bits per heavy atom. The van der Waals surface area contributed by atoms with Crippen LogP contribution in [0.1, 0.15) is 32.6 Å². The molecule has 0 aromatic carbocycles. The first-order valence-corrected chi connectivity index (χ1v) is 6.25. The normalized spacial score (nSPS) is 21.2. The molecule has 98 valence electrons. The summed E-state index contributed by atoms with van der Waals surface area (Å²) in [7, 11) is 1.58. The van der Waals surface area contributed by atoms with Crippen LogP contribution in [0, 0.1) is 5.92 Å². The minimum Gasteiger partial charge on any atom is -0.480 e. The molecule has 0 saturated carbocycles. The number of nitrogens with zero attached hydrogens (tertiary/aromatic N) is 1. The predicted octanol–water partition coefficient (Wildman–Crippen LogP) is 0.698. The lowest BCUT2D eigenvalue weighted by molar-refractivity contribution is -0.149. The molecule has 2 unspecified atom stereocenters. The van der Waals surface area contributed by atoms with E-state index in [4.69, 9.17) is 5.11 Å². The summed E-state index contributed by atoms with van der Waals surface area (Å²) in [6.07, 6.45) is 2.87. The molecular weight excluding hydrogens is 220 g/mol. The van der Waals surface area contributed by atoms with E-state index >= 15 is 0 Å². The summed E-state index contributed by atoms with van der Waals surface area (Å²) in [4.78, 5) is 24.1.